The lowest BCUT2D eigenvalue weighted by Gasteiger charge is -2.16. The van der Waals surface area contributed by atoms with Crippen molar-refractivity contribution in [3.05, 3.63) is 52.5 Å². The van der Waals surface area contributed by atoms with Crippen molar-refractivity contribution in [2.24, 2.45) is 0 Å². The number of carbonyl (C=O) groups excluding carboxylic acids is 1. The Hall–Kier alpha value is -2.76. The molecule has 31 heavy (non-hydrogen) atoms. The lowest BCUT2D eigenvalue weighted by Crippen LogP contribution is -2.31. The first kappa shape index (κ1) is 20.2. The van der Waals surface area contributed by atoms with Gasteiger partial charge in [0.05, 0.1) is 6.54 Å². The molecule has 0 bridgehead atoms. The van der Waals surface area contributed by atoms with Crippen LogP contribution in [-0.4, -0.2) is 51.7 Å². The maximum Gasteiger partial charge on any atom is 0.269 e. The maximum absolute atomic E-state index is 13.4. The van der Waals surface area contributed by atoms with Crippen LogP contribution >= 0.6 is 15.9 Å². The predicted octanol–water partition coefficient (Wildman–Crippen LogP) is 2.92. The van der Waals surface area contributed by atoms with Crippen LogP contribution in [0, 0.1) is 0 Å². The van der Waals surface area contributed by atoms with Crippen LogP contribution in [0.5, 0.6) is 0 Å². The molecule has 11 heteroatoms. The molecule has 0 radical (unpaired) electrons. The smallest absolute Gasteiger partial charge is 0.269 e. The molecule has 0 aliphatic carbocycles. The molecule has 1 fully saturated rings. The van der Waals surface area contributed by atoms with Crippen LogP contribution in [0.4, 0.5) is 0 Å². The standard InChI is InChI=1S/C20H19BrN6O3S/c21-12-5-6-14-13(10-12)18(31(29,30)27-8-1-2-9-27)17(25-14)20(28)23-11-16-24-15-4-3-7-22-19(15)26-16/h3-7,10,25H,1-2,8-9,11H2,(H,23,28)(H,22,24,26). The summed E-state index contributed by atoms with van der Waals surface area (Å²) in [7, 11) is -3.83. The van der Waals surface area contributed by atoms with E-state index in [0.717, 1.165) is 17.3 Å². The first-order chi connectivity index (χ1) is 14.9. The molecule has 0 spiro atoms. The van der Waals surface area contributed by atoms with Crippen molar-refractivity contribution in [1.29, 1.82) is 0 Å². The zero-order valence-electron chi connectivity index (χ0n) is 16.4. The van der Waals surface area contributed by atoms with Gasteiger partial charge in [-0.2, -0.15) is 4.31 Å². The summed E-state index contributed by atoms with van der Waals surface area (Å²) in [5.74, 6) is 0.0170. The number of sulfonamides is 1. The molecule has 1 saturated heterocycles. The first-order valence-corrected chi connectivity index (χ1v) is 12.1. The number of amides is 1. The number of fused-ring (bicyclic) bond motifs is 2. The van der Waals surface area contributed by atoms with Crippen molar-refractivity contribution < 1.29 is 13.2 Å². The Morgan fingerprint density at radius 1 is 1.19 bits per heavy atom. The minimum absolute atomic E-state index is 0.00877. The number of rotatable bonds is 5. The number of carbonyl (C=O) groups is 1. The van der Waals surface area contributed by atoms with E-state index in [1.54, 1.807) is 30.5 Å². The van der Waals surface area contributed by atoms with Crippen molar-refractivity contribution in [1.82, 2.24) is 29.6 Å². The molecule has 5 rings (SSSR count). The van der Waals surface area contributed by atoms with Gasteiger partial charge in [-0.05, 0) is 43.2 Å². The summed E-state index contributed by atoms with van der Waals surface area (Å²) in [5, 5.41) is 3.25. The second-order valence-corrected chi connectivity index (χ2v) is 10.2. The van der Waals surface area contributed by atoms with E-state index < -0.39 is 15.9 Å². The van der Waals surface area contributed by atoms with Gasteiger partial charge in [-0.3, -0.25) is 4.79 Å². The van der Waals surface area contributed by atoms with Gasteiger partial charge >= 0.3 is 0 Å². The average Bonchev–Trinajstić information content (AvgIpc) is 3.49. The number of nitrogens with zero attached hydrogens (tertiary/aromatic N) is 3. The second kappa shape index (κ2) is 7.74. The molecule has 1 aromatic carbocycles. The van der Waals surface area contributed by atoms with Crippen LogP contribution in [0.25, 0.3) is 22.1 Å². The van der Waals surface area contributed by atoms with E-state index in [0.29, 0.717) is 41.0 Å². The van der Waals surface area contributed by atoms with Gasteiger partial charge in [0.2, 0.25) is 10.0 Å². The fraction of sp³-hybridized carbons (Fsp3) is 0.250. The zero-order chi connectivity index (χ0) is 21.6. The van der Waals surface area contributed by atoms with Crippen molar-refractivity contribution in [3.63, 3.8) is 0 Å². The van der Waals surface area contributed by atoms with Gasteiger partial charge in [0.1, 0.15) is 21.9 Å². The number of halogens is 1. The largest absolute Gasteiger partial charge is 0.349 e. The Morgan fingerprint density at radius 2 is 2.00 bits per heavy atom. The summed E-state index contributed by atoms with van der Waals surface area (Å²) in [6, 6.07) is 8.87. The highest BCUT2D eigenvalue weighted by molar-refractivity contribution is 9.10. The summed E-state index contributed by atoms with van der Waals surface area (Å²) in [6.07, 6.45) is 3.28. The van der Waals surface area contributed by atoms with Crippen molar-refractivity contribution in [2.75, 3.05) is 13.1 Å². The monoisotopic (exact) mass is 502 g/mol. The third kappa shape index (κ3) is 3.62. The number of hydrogen-bond acceptors (Lipinski definition) is 5. The second-order valence-electron chi connectivity index (χ2n) is 7.37. The molecule has 3 N–H and O–H groups in total. The van der Waals surface area contributed by atoms with Gasteiger partial charge in [-0.25, -0.2) is 18.4 Å². The maximum atomic E-state index is 13.4. The molecule has 160 valence electrons. The number of H-pyrrole nitrogens is 2. The molecular formula is C20H19BrN6O3S. The highest BCUT2D eigenvalue weighted by Crippen LogP contribution is 2.33. The molecule has 4 aromatic rings. The predicted molar refractivity (Wildman–Crippen MR) is 119 cm³/mol. The quantitative estimate of drug-likeness (QED) is 0.387. The van der Waals surface area contributed by atoms with Gasteiger partial charge in [-0.15, -0.1) is 0 Å². The number of aromatic nitrogens is 4. The van der Waals surface area contributed by atoms with E-state index >= 15 is 0 Å². The summed E-state index contributed by atoms with van der Waals surface area (Å²) in [6.45, 7) is 1.02. The van der Waals surface area contributed by atoms with E-state index in [-0.39, 0.29) is 17.1 Å². The molecule has 0 unspecified atom stereocenters. The normalized spacial score (nSPS) is 15.1. The Bertz CT molecular complexity index is 1370. The summed E-state index contributed by atoms with van der Waals surface area (Å²) >= 11 is 3.40. The van der Waals surface area contributed by atoms with Crippen LogP contribution in [0.1, 0.15) is 29.2 Å². The van der Waals surface area contributed by atoms with Crippen LogP contribution in [0.2, 0.25) is 0 Å². The number of hydrogen-bond donors (Lipinski definition) is 3. The van der Waals surface area contributed by atoms with Gasteiger partial charge in [0.15, 0.2) is 5.65 Å². The fourth-order valence-corrected chi connectivity index (χ4v) is 6.06. The van der Waals surface area contributed by atoms with Crippen LogP contribution in [0.3, 0.4) is 0 Å². The molecule has 1 aliphatic heterocycles. The van der Waals surface area contributed by atoms with Crippen molar-refractivity contribution in [2.45, 2.75) is 24.3 Å². The van der Waals surface area contributed by atoms with Crippen LogP contribution in [-0.2, 0) is 16.6 Å². The van der Waals surface area contributed by atoms with Crippen molar-refractivity contribution >= 4 is 53.9 Å². The Balaban J connectivity index is 1.51. The average molecular weight is 503 g/mol. The zero-order valence-corrected chi connectivity index (χ0v) is 18.8. The molecule has 0 atom stereocenters. The highest BCUT2D eigenvalue weighted by atomic mass is 79.9. The number of nitrogens with one attached hydrogen (secondary N) is 3. The van der Waals surface area contributed by atoms with E-state index in [9.17, 15) is 13.2 Å². The molecule has 1 aliphatic rings. The van der Waals surface area contributed by atoms with Crippen LogP contribution < -0.4 is 5.32 Å². The fourth-order valence-electron chi connectivity index (χ4n) is 3.85. The highest BCUT2D eigenvalue weighted by Gasteiger charge is 2.34. The van der Waals surface area contributed by atoms with Gasteiger partial charge in [0.25, 0.3) is 5.91 Å². The van der Waals surface area contributed by atoms with Crippen LogP contribution in [0.15, 0.2) is 45.9 Å². The third-order valence-electron chi connectivity index (χ3n) is 5.32. The number of pyridine rings is 1. The van der Waals surface area contributed by atoms with Gasteiger partial charge in [0, 0.05) is 34.7 Å². The molecule has 4 heterocycles. The van der Waals surface area contributed by atoms with Gasteiger partial charge in [-0.1, -0.05) is 15.9 Å². The topological polar surface area (TPSA) is 124 Å². The summed E-state index contributed by atoms with van der Waals surface area (Å²) < 4.78 is 29.0. The molecule has 1 amide bonds. The van der Waals surface area contributed by atoms with Gasteiger partial charge < -0.3 is 15.3 Å². The summed E-state index contributed by atoms with van der Waals surface area (Å²) in [5.41, 5.74) is 1.92. The minimum Gasteiger partial charge on any atom is -0.349 e. The number of imidazole rings is 1. The Morgan fingerprint density at radius 3 is 2.77 bits per heavy atom. The van der Waals surface area contributed by atoms with E-state index in [4.69, 9.17) is 0 Å². The molecule has 3 aromatic heterocycles. The molecule has 9 nitrogen and oxygen atoms in total. The van der Waals surface area contributed by atoms with E-state index in [1.807, 2.05) is 6.07 Å². The van der Waals surface area contributed by atoms with Crippen molar-refractivity contribution in [3.8, 4) is 0 Å². The molecule has 0 saturated carbocycles. The third-order valence-corrected chi connectivity index (χ3v) is 7.80. The lowest BCUT2D eigenvalue weighted by molar-refractivity contribution is 0.0942. The number of aromatic amines is 2. The van der Waals surface area contributed by atoms with E-state index in [1.165, 1.54) is 4.31 Å². The SMILES string of the molecule is O=C(NCc1nc2cccnc2[nH]1)c1[nH]c2ccc(Br)cc2c1S(=O)(=O)N1CCCC1. The van der Waals surface area contributed by atoms with E-state index in [2.05, 4.69) is 41.2 Å². The Labute approximate surface area is 186 Å². The first-order valence-electron chi connectivity index (χ1n) is 9.83. The molecular weight excluding hydrogens is 484 g/mol. The minimum atomic E-state index is -3.83. The Kier molecular flexibility index (Phi) is 5.03. The number of benzene rings is 1. The summed E-state index contributed by atoms with van der Waals surface area (Å²) in [4.78, 5) is 27.7. The lowest BCUT2D eigenvalue weighted by atomic mass is 10.2.